The highest BCUT2D eigenvalue weighted by Gasteiger charge is 2.43. The Morgan fingerprint density at radius 3 is 2.57 bits per heavy atom. The molecule has 0 radical (unpaired) electrons. The molecule has 4 aliphatic heterocycles. The molecule has 30 heavy (non-hydrogen) atoms. The summed E-state index contributed by atoms with van der Waals surface area (Å²) in [5.74, 6) is 0.667. The van der Waals surface area contributed by atoms with Crippen molar-refractivity contribution < 1.29 is 18.3 Å². The van der Waals surface area contributed by atoms with Gasteiger partial charge in [0.1, 0.15) is 11.5 Å². The Balaban J connectivity index is 1.54. The average molecular weight is 421 g/mol. The van der Waals surface area contributed by atoms with Crippen molar-refractivity contribution in [3.05, 3.63) is 29.4 Å². The lowest BCUT2D eigenvalue weighted by Crippen LogP contribution is -2.58. The molecule has 4 aliphatic rings. The van der Waals surface area contributed by atoms with Gasteiger partial charge in [0.15, 0.2) is 6.29 Å². The molecule has 3 N–H and O–H groups in total. The first kappa shape index (κ1) is 19.6. The number of ether oxygens (including phenoxy) is 2. The minimum atomic E-state index is -2.78. The maximum atomic E-state index is 13.7. The van der Waals surface area contributed by atoms with Crippen LogP contribution in [0.2, 0.25) is 0 Å². The number of fused-ring (bicyclic) bond motifs is 2. The van der Waals surface area contributed by atoms with Crippen LogP contribution in [0.25, 0.3) is 0 Å². The number of hydrogen-bond acceptors (Lipinski definition) is 9. The second-order valence-electron chi connectivity index (χ2n) is 7.86. The van der Waals surface area contributed by atoms with Crippen molar-refractivity contribution in [3.8, 4) is 0 Å². The van der Waals surface area contributed by atoms with Gasteiger partial charge in [0.2, 0.25) is 5.95 Å². The van der Waals surface area contributed by atoms with Crippen LogP contribution in [0.4, 0.5) is 14.7 Å². The highest BCUT2D eigenvalue weighted by Crippen LogP contribution is 2.32. The fourth-order valence-corrected chi connectivity index (χ4v) is 4.61. The number of alkyl halides is 2. The molecule has 1 aromatic heterocycles. The van der Waals surface area contributed by atoms with Gasteiger partial charge >= 0.3 is 0 Å². The van der Waals surface area contributed by atoms with Crippen LogP contribution in [0, 0.1) is 0 Å². The van der Waals surface area contributed by atoms with Crippen molar-refractivity contribution >= 4 is 11.7 Å². The minimum Gasteiger partial charge on any atom is -0.378 e. The molecule has 0 spiro atoms. The largest absolute Gasteiger partial charge is 0.378 e. The van der Waals surface area contributed by atoms with E-state index in [1.807, 2.05) is 0 Å². The lowest BCUT2D eigenvalue weighted by atomic mass is 10.1. The molecule has 9 nitrogen and oxygen atoms in total. The van der Waals surface area contributed by atoms with Gasteiger partial charge in [-0.2, -0.15) is 0 Å². The summed E-state index contributed by atoms with van der Waals surface area (Å²) in [6, 6.07) is 0.514. The first-order valence-corrected chi connectivity index (χ1v) is 10.2. The van der Waals surface area contributed by atoms with Crippen LogP contribution in [-0.2, 0) is 9.47 Å². The smallest absolute Gasteiger partial charge is 0.281 e. The van der Waals surface area contributed by atoms with Crippen molar-refractivity contribution in [3.63, 3.8) is 0 Å². The molecule has 0 aliphatic carbocycles. The molecule has 3 unspecified atom stereocenters. The average Bonchev–Trinajstić information content (AvgIpc) is 3.02. The number of halogens is 2. The number of aliphatic imine (C=N–C) groups is 1. The topological polar surface area (TPSA) is 101 Å². The summed E-state index contributed by atoms with van der Waals surface area (Å²) in [7, 11) is 0. The summed E-state index contributed by atoms with van der Waals surface area (Å²) in [6.45, 7) is 3.98. The van der Waals surface area contributed by atoms with Gasteiger partial charge < -0.3 is 25.4 Å². The van der Waals surface area contributed by atoms with Gasteiger partial charge in [0.25, 0.3) is 6.43 Å². The van der Waals surface area contributed by atoms with Crippen molar-refractivity contribution in [1.29, 1.82) is 0 Å². The molecule has 11 heteroatoms. The highest BCUT2D eigenvalue weighted by atomic mass is 19.3. The summed E-state index contributed by atoms with van der Waals surface area (Å²) >= 11 is 0. The van der Waals surface area contributed by atoms with Crippen molar-refractivity contribution in [2.45, 2.75) is 37.6 Å². The molecule has 3 atom stereocenters. The van der Waals surface area contributed by atoms with Crippen LogP contribution >= 0.6 is 0 Å². The molecular formula is C19H25F2N7O2. The SMILES string of the molecule is Nc1ncc(C2=NC(N3C4CCC3COC4)NC(N3CCOCC3)=C2)c(C(F)F)n1. The van der Waals surface area contributed by atoms with Crippen LogP contribution in [0.3, 0.4) is 0 Å². The van der Waals surface area contributed by atoms with E-state index in [2.05, 4.69) is 25.1 Å². The fourth-order valence-electron chi connectivity index (χ4n) is 4.61. The summed E-state index contributed by atoms with van der Waals surface area (Å²) in [4.78, 5) is 17.0. The number of nitrogen functional groups attached to an aromatic ring is 1. The lowest BCUT2D eigenvalue weighted by Gasteiger charge is -2.43. The molecule has 1 aromatic rings. The molecule has 3 fully saturated rings. The summed E-state index contributed by atoms with van der Waals surface area (Å²) < 4.78 is 38.6. The Morgan fingerprint density at radius 2 is 1.87 bits per heavy atom. The predicted octanol–water partition coefficient (Wildman–Crippen LogP) is 0.709. The van der Waals surface area contributed by atoms with E-state index in [4.69, 9.17) is 20.2 Å². The van der Waals surface area contributed by atoms with Crippen LogP contribution < -0.4 is 11.1 Å². The van der Waals surface area contributed by atoms with E-state index in [9.17, 15) is 8.78 Å². The van der Waals surface area contributed by atoms with Gasteiger partial charge in [0, 0.05) is 43.0 Å². The molecule has 0 amide bonds. The van der Waals surface area contributed by atoms with Crippen LogP contribution in [-0.4, -0.2) is 83.4 Å². The molecule has 0 saturated carbocycles. The van der Waals surface area contributed by atoms with Crippen LogP contribution in [0.5, 0.6) is 0 Å². The number of hydrogen-bond donors (Lipinski definition) is 2. The molecule has 0 aromatic carbocycles. The highest BCUT2D eigenvalue weighted by molar-refractivity contribution is 6.10. The lowest BCUT2D eigenvalue weighted by molar-refractivity contribution is -0.0427. The molecule has 162 valence electrons. The van der Waals surface area contributed by atoms with Gasteiger partial charge in [-0.1, -0.05) is 0 Å². The summed E-state index contributed by atoms with van der Waals surface area (Å²) in [5, 5.41) is 3.51. The Bertz CT molecular complexity index is 843. The zero-order chi connectivity index (χ0) is 20.7. The number of aromatic nitrogens is 2. The van der Waals surface area contributed by atoms with Gasteiger partial charge in [-0.25, -0.2) is 23.7 Å². The van der Waals surface area contributed by atoms with E-state index < -0.39 is 12.1 Å². The van der Waals surface area contributed by atoms with E-state index >= 15 is 0 Å². The predicted molar refractivity (Wildman–Crippen MR) is 105 cm³/mol. The molecule has 2 bridgehead atoms. The number of nitrogens with two attached hydrogens (primary N) is 1. The van der Waals surface area contributed by atoms with Gasteiger partial charge in [-0.15, -0.1) is 0 Å². The number of anilines is 1. The van der Waals surface area contributed by atoms with Gasteiger partial charge in [-0.05, 0) is 12.8 Å². The first-order valence-electron chi connectivity index (χ1n) is 10.2. The second-order valence-corrected chi connectivity index (χ2v) is 7.86. The van der Waals surface area contributed by atoms with Crippen LogP contribution in [0.1, 0.15) is 30.5 Å². The van der Waals surface area contributed by atoms with Gasteiger partial charge in [-0.3, -0.25) is 4.90 Å². The third-order valence-corrected chi connectivity index (χ3v) is 6.06. The fraction of sp³-hybridized carbons (Fsp3) is 0.632. The maximum absolute atomic E-state index is 13.7. The van der Waals surface area contributed by atoms with E-state index in [1.165, 1.54) is 6.20 Å². The Labute approximate surface area is 172 Å². The maximum Gasteiger partial charge on any atom is 0.281 e. The summed E-state index contributed by atoms with van der Waals surface area (Å²) in [6.07, 6.45) is 2.07. The molecule has 5 rings (SSSR count). The standard InChI is InChI=1S/C19H25F2N7O2/c20-17(21)16-13(8-23-18(22)26-16)14-7-15(27-3-5-29-6-4-27)25-19(24-14)28-11-1-2-12(28)10-30-9-11/h7-8,11-12,17,19,25H,1-6,9-10H2,(H2,22,23,26). The van der Waals surface area contributed by atoms with Crippen molar-refractivity contribution in [2.75, 3.05) is 45.3 Å². The number of nitrogens with one attached hydrogen (secondary N) is 1. The molecule has 3 saturated heterocycles. The number of morpholine rings is 2. The van der Waals surface area contributed by atoms with E-state index in [-0.39, 0.29) is 29.9 Å². The number of rotatable bonds is 4. The molecule has 5 heterocycles. The minimum absolute atomic E-state index is 0.177. The Morgan fingerprint density at radius 1 is 1.13 bits per heavy atom. The monoisotopic (exact) mass is 421 g/mol. The Kier molecular flexibility index (Phi) is 5.25. The third-order valence-electron chi connectivity index (χ3n) is 6.06. The van der Waals surface area contributed by atoms with E-state index in [0.717, 1.165) is 31.8 Å². The van der Waals surface area contributed by atoms with Gasteiger partial charge in [0.05, 0.1) is 32.1 Å². The van der Waals surface area contributed by atoms with E-state index in [0.29, 0.717) is 32.1 Å². The zero-order valence-corrected chi connectivity index (χ0v) is 16.5. The Hall–Kier alpha value is -2.37. The zero-order valence-electron chi connectivity index (χ0n) is 16.5. The van der Waals surface area contributed by atoms with Crippen molar-refractivity contribution in [2.24, 2.45) is 4.99 Å². The summed E-state index contributed by atoms with van der Waals surface area (Å²) in [5.41, 5.74) is 5.80. The quantitative estimate of drug-likeness (QED) is 0.733. The number of nitrogens with zero attached hydrogens (tertiary/aromatic N) is 5. The van der Waals surface area contributed by atoms with E-state index in [1.54, 1.807) is 6.08 Å². The first-order chi connectivity index (χ1) is 14.6. The molecular weight excluding hydrogens is 396 g/mol. The van der Waals surface area contributed by atoms with Crippen molar-refractivity contribution in [1.82, 2.24) is 25.1 Å². The number of allylic oxidation sites excluding steroid dienone is 1. The van der Waals surface area contributed by atoms with Crippen LogP contribution in [0.15, 0.2) is 23.1 Å². The normalized spacial score (nSPS) is 29.6. The third kappa shape index (κ3) is 3.61. The second kappa shape index (κ2) is 8.05.